The molecule has 0 bridgehead atoms. The summed E-state index contributed by atoms with van der Waals surface area (Å²) in [6.45, 7) is 0.451. The van der Waals surface area contributed by atoms with Crippen LogP contribution in [-0.4, -0.2) is 22.0 Å². The zero-order valence-corrected chi connectivity index (χ0v) is 10.2. The van der Waals surface area contributed by atoms with Gasteiger partial charge < -0.3 is 10.1 Å². The predicted molar refractivity (Wildman–Crippen MR) is 69.0 cm³/mol. The largest absolute Gasteiger partial charge is 0.496 e. The lowest BCUT2D eigenvalue weighted by molar-refractivity contribution is -0.384. The monoisotopic (exact) mass is 260 g/mol. The molecular formula is C12H12N4O3. The van der Waals surface area contributed by atoms with Gasteiger partial charge in [-0.15, -0.1) is 0 Å². The Kier molecular flexibility index (Phi) is 3.87. The second-order valence-corrected chi connectivity index (χ2v) is 3.73. The second-order valence-electron chi connectivity index (χ2n) is 3.73. The minimum atomic E-state index is -0.460. The van der Waals surface area contributed by atoms with Crippen molar-refractivity contribution < 1.29 is 9.66 Å². The number of nitro benzene ring substituents is 1. The Balaban J connectivity index is 2.15. The van der Waals surface area contributed by atoms with Crippen LogP contribution in [0.15, 0.2) is 36.8 Å². The number of benzene rings is 1. The molecule has 0 aliphatic carbocycles. The van der Waals surface area contributed by atoms with Gasteiger partial charge in [-0.2, -0.15) is 0 Å². The van der Waals surface area contributed by atoms with Crippen LogP contribution in [-0.2, 0) is 6.54 Å². The number of non-ortho nitro benzene ring substituents is 1. The molecule has 1 aromatic carbocycles. The summed E-state index contributed by atoms with van der Waals surface area (Å²) in [5.74, 6) is 0.430. The molecule has 0 atom stereocenters. The van der Waals surface area contributed by atoms with Gasteiger partial charge in [-0.25, -0.2) is 9.97 Å². The summed E-state index contributed by atoms with van der Waals surface area (Å²) >= 11 is 0. The first-order valence-corrected chi connectivity index (χ1v) is 5.51. The van der Waals surface area contributed by atoms with Gasteiger partial charge in [0.1, 0.15) is 12.1 Å². The van der Waals surface area contributed by atoms with Crippen LogP contribution in [0.3, 0.4) is 0 Å². The molecule has 0 radical (unpaired) electrons. The number of aromatic nitrogens is 2. The maximum Gasteiger partial charge on any atom is 0.275 e. The molecule has 1 aromatic heterocycles. The van der Waals surface area contributed by atoms with E-state index in [2.05, 4.69) is 15.3 Å². The summed E-state index contributed by atoms with van der Waals surface area (Å²) in [4.78, 5) is 18.2. The van der Waals surface area contributed by atoms with Crippen molar-refractivity contribution in [1.82, 2.24) is 9.97 Å². The standard InChI is InChI=1S/C12H12N4O3/c1-19-12-5-10(4-11(6-12)16(17)18)14-7-9-2-3-13-8-15-9/h2-6,8,14H,7H2,1H3. The van der Waals surface area contributed by atoms with E-state index in [0.717, 1.165) is 5.69 Å². The molecule has 7 nitrogen and oxygen atoms in total. The Bertz CT molecular complexity index is 574. The quantitative estimate of drug-likeness (QED) is 0.653. The van der Waals surface area contributed by atoms with Crippen LogP contribution in [0.2, 0.25) is 0 Å². The van der Waals surface area contributed by atoms with E-state index in [1.165, 1.54) is 25.6 Å². The number of rotatable bonds is 5. The highest BCUT2D eigenvalue weighted by Crippen LogP contribution is 2.25. The predicted octanol–water partition coefficient (Wildman–Crippen LogP) is 2.01. The van der Waals surface area contributed by atoms with Gasteiger partial charge in [-0.3, -0.25) is 10.1 Å². The number of nitro groups is 1. The van der Waals surface area contributed by atoms with Crippen LogP contribution in [0.1, 0.15) is 5.69 Å². The SMILES string of the molecule is COc1cc(NCc2ccncn2)cc([N+](=O)[O-])c1. The number of nitrogens with one attached hydrogen (secondary N) is 1. The number of methoxy groups -OCH3 is 1. The fourth-order valence-electron chi connectivity index (χ4n) is 1.52. The molecule has 0 spiro atoms. The van der Waals surface area contributed by atoms with Gasteiger partial charge in [-0.1, -0.05) is 0 Å². The van der Waals surface area contributed by atoms with Crippen LogP contribution in [0.4, 0.5) is 11.4 Å². The molecule has 0 amide bonds. The van der Waals surface area contributed by atoms with Gasteiger partial charge in [0.2, 0.25) is 0 Å². The molecule has 0 aliphatic heterocycles. The van der Waals surface area contributed by atoms with Gasteiger partial charge in [0, 0.05) is 24.0 Å². The number of anilines is 1. The smallest absolute Gasteiger partial charge is 0.275 e. The lowest BCUT2D eigenvalue weighted by Gasteiger charge is -2.07. The summed E-state index contributed by atoms with van der Waals surface area (Å²) < 4.78 is 5.03. The maximum atomic E-state index is 10.8. The van der Waals surface area contributed by atoms with Crippen LogP contribution in [0, 0.1) is 10.1 Å². The molecule has 2 aromatic rings. The molecule has 0 unspecified atom stereocenters. The van der Waals surface area contributed by atoms with Gasteiger partial charge in [0.25, 0.3) is 5.69 Å². The van der Waals surface area contributed by atoms with Crippen molar-refractivity contribution in [2.45, 2.75) is 6.54 Å². The van der Waals surface area contributed by atoms with E-state index in [1.54, 1.807) is 18.3 Å². The molecule has 2 rings (SSSR count). The average molecular weight is 260 g/mol. The fourth-order valence-corrected chi connectivity index (χ4v) is 1.52. The van der Waals surface area contributed by atoms with Crippen molar-refractivity contribution in [3.05, 3.63) is 52.6 Å². The van der Waals surface area contributed by atoms with Crippen molar-refractivity contribution in [3.63, 3.8) is 0 Å². The summed E-state index contributed by atoms with van der Waals surface area (Å²) in [5, 5.41) is 13.9. The minimum Gasteiger partial charge on any atom is -0.496 e. The third kappa shape index (κ3) is 3.38. The zero-order chi connectivity index (χ0) is 13.7. The van der Waals surface area contributed by atoms with E-state index >= 15 is 0 Å². The van der Waals surface area contributed by atoms with Crippen LogP contribution >= 0.6 is 0 Å². The van der Waals surface area contributed by atoms with E-state index < -0.39 is 4.92 Å². The first-order valence-electron chi connectivity index (χ1n) is 5.51. The third-order valence-corrected chi connectivity index (χ3v) is 2.45. The lowest BCUT2D eigenvalue weighted by atomic mass is 10.2. The van der Waals surface area contributed by atoms with E-state index in [-0.39, 0.29) is 5.69 Å². The fraction of sp³-hybridized carbons (Fsp3) is 0.167. The Morgan fingerprint density at radius 2 is 2.26 bits per heavy atom. The molecule has 98 valence electrons. The van der Waals surface area contributed by atoms with Crippen molar-refractivity contribution >= 4 is 11.4 Å². The number of hydrogen-bond donors (Lipinski definition) is 1. The highest BCUT2D eigenvalue weighted by atomic mass is 16.6. The first-order chi connectivity index (χ1) is 9.19. The highest BCUT2D eigenvalue weighted by Gasteiger charge is 2.10. The molecule has 0 saturated heterocycles. The lowest BCUT2D eigenvalue weighted by Crippen LogP contribution is -2.02. The summed E-state index contributed by atoms with van der Waals surface area (Å²) in [6, 6.07) is 6.27. The van der Waals surface area contributed by atoms with E-state index in [4.69, 9.17) is 4.74 Å². The summed E-state index contributed by atoms with van der Waals surface area (Å²) in [5.41, 5.74) is 1.37. The second kappa shape index (κ2) is 5.76. The zero-order valence-electron chi connectivity index (χ0n) is 10.2. The van der Waals surface area contributed by atoms with Gasteiger partial charge in [0.05, 0.1) is 30.3 Å². The topological polar surface area (TPSA) is 90.2 Å². The van der Waals surface area contributed by atoms with Crippen molar-refractivity contribution in [1.29, 1.82) is 0 Å². The van der Waals surface area contributed by atoms with E-state index in [0.29, 0.717) is 18.0 Å². The molecule has 1 heterocycles. The van der Waals surface area contributed by atoms with Gasteiger partial charge >= 0.3 is 0 Å². The number of hydrogen-bond acceptors (Lipinski definition) is 6. The average Bonchev–Trinajstić information content (AvgIpc) is 2.45. The Morgan fingerprint density at radius 1 is 1.42 bits per heavy atom. The highest BCUT2D eigenvalue weighted by molar-refractivity contribution is 5.56. The molecule has 0 fully saturated rings. The molecule has 1 N–H and O–H groups in total. The number of ether oxygens (including phenoxy) is 1. The van der Waals surface area contributed by atoms with Gasteiger partial charge in [0.15, 0.2) is 0 Å². The first kappa shape index (κ1) is 12.7. The Morgan fingerprint density at radius 3 is 2.89 bits per heavy atom. The van der Waals surface area contributed by atoms with Crippen molar-refractivity contribution in [3.8, 4) is 5.75 Å². The molecular weight excluding hydrogens is 248 g/mol. The van der Waals surface area contributed by atoms with Crippen LogP contribution < -0.4 is 10.1 Å². The van der Waals surface area contributed by atoms with E-state index in [1.807, 2.05) is 0 Å². The maximum absolute atomic E-state index is 10.8. The summed E-state index contributed by atoms with van der Waals surface area (Å²) in [6.07, 6.45) is 3.09. The Labute approximate surface area is 109 Å². The van der Waals surface area contributed by atoms with E-state index in [9.17, 15) is 10.1 Å². The van der Waals surface area contributed by atoms with Gasteiger partial charge in [-0.05, 0) is 6.07 Å². The molecule has 19 heavy (non-hydrogen) atoms. The third-order valence-electron chi connectivity index (χ3n) is 2.45. The van der Waals surface area contributed by atoms with Crippen LogP contribution in [0.5, 0.6) is 5.75 Å². The molecule has 7 heteroatoms. The normalized spacial score (nSPS) is 9.95. The van der Waals surface area contributed by atoms with Crippen LogP contribution in [0.25, 0.3) is 0 Å². The minimum absolute atomic E-state index is 0.0236. The van der Waals surface area contributed by atoms with Crippen molar-refractivity contribution in [2.24, 2.45) is 0 Å². The van der Waals surface area contributed by atoms with Crippen molar-refractivity contribution in [2.75, 3.05) is 12.4 Å². The molecule has 0 aliphatic rings. The number of nitrogens with zero attached hydrogens (tertiary/aromatic N) is 3. The molecule has 0 saturated carbocycles. The Hall–Kier alpha value is -2.70. The summed E-state index contributed by atoms with van der Waals surface area (Å²) in [7, 11) is 1.47.